The Balaban J connectivity index is 2.97. The molecule has 82 valence electrons. The van der Waals surface area contributed by atoms with E-state index in [0.717, 1.165) is 0 Å². The van der Waals surface area contributed by atoms with E-state index in [0.29, 0.717) is 0 Å². The predicted octanol–water partition coefficient (Wildman–Crippen LogP) is -0.501. The number of halogens is 1. The van der Waals surface area contributed by atoms with E-state index in [4.69, 9.17) is 17.3 Å². The van der Waals surface area contributed by atoms with Crippen molar-refractivity contribution in [2.45, 2.75) is 4.90 Å². The van der Waals surface area contributed by atoms with Gasteiger partial charge in [-0.15, -0.1) is 0 Å². The second-order valence-corrected chi connectivity index (χ2v) is 4.68. The highest BCUT2D eigenvalue weighted by Gasteiger charge is 2.18. The number of aromatic nitrogens is 1. The average molecular weight is 250 g/mol. The third-order valence-corrected chi connectivity index (χ3v) is 3.30. The van der Waals surface area contributed by atoms with Crippen LogP contribution < -0.4 is 10.5 Å². The zero-order valence-electron chi connectivity index (χ0n) is 7.47. The van der Waals surface area contributed by atoms with Gasteiger partial charge in [-0.1, -0.05) is 11.6 Å². The molecule has 1 amide bonds. The highest BCUT2D eigenvalue weighted by molar-refractivity contribution is 7.89. The number of hydrogen-bond acceptors (Lipinski definition) is 4. The first-order valence-corrected chi connectivity index (χ1v) is 5.68. The summed E-state index contributed by atoms with van der Waals surface area (Å²) in [7, 11) is -3.83. The molecule has 0 saturated carbocycles. The number of sulfonamides is 1. The van der Waals surface area contributed by atoms with Crippen LogP contribution in [0, 0.1) is 0 Å². The fraction of sp³-hybridized carbons (Fsp3) is 0.143. The number of nitrogens with zero attached hydrogens (tertiary/aromatic N) is 1. The summed E-state index contributed by atoms with van der Waals surface area (Å²) in [5, 5.41) is -0.158. The predicted molar refractivity (Wildman–Crippen MR) is 53.6 cm³/mol. The molecular formula is C7H8ClN3O3S. The summed E-state index contributed by atoms with van der Waals surface area (Å²) in [6, 6.07) is 2.70. The molecule has 0 bridgehead atoms. The Bertz CT molecular complexity index is 474. The molecule has 15 heavy (non-hydrogen) atoms. The van der Waals surface area contributed by atoms with Crippen molar-refractivity contribution in [3.63, 3.8) is 0 Å². The van der Waals surface area contributed by atoms with Crippen LogP contribution in [0.15, 0.2) is 23.2 Å². The van der Waals surface area contributed by atoms with E-state index in [-0.39, 0.29) is 10.0 Å². The molecular weight excluding hydrogens is 242 g/mol. The Hall–Kier alpha value is -1.18. The van der Waals surface area contributed by atoms with Crippen molar-refractivity contribution < 1.29 is 13.2 Å². The van der Waals surface area contributed by atoms with Crippen LogP contribution in [0.3, 0.4) is 0 Å². The van der Waals surface area contributed by atoms with Gasteiger partial charge in [0.05, 0.1) is 6.54 Å². The second kappa shape index (κ2) is 4.56. The van der Waals surface area contributed by atoms with Crippen molar-refractivity contribution in [3.8, 4) is 0 Å². The van der Waals surface area contributed by atoms with E-state index >= 15 is 0 Å². The Kier molecular flexibility index (Phi) is 3.61. The van der Waals surface area contributed by atoms with Crippen molar-refractivity contribution in [3.05, 3.63) is 23.5 Å². The molecule has 0 aliphatic heterocycles. The first-order chi connectivity index (χ1) is 6.93. The number of carbonyl (C=O) groups excluding carboxylic acids is 1. The number of hydrogen-bond donors (Lipinski definition) is 2. The number of carbonyl (C=O) groups is 1. The highest BCUT2D eigenvalue weighted by Crippen LogP contribution is 2.16. The van der Waals surface area contributed by atoms with Crippen molar-refractivity contribution >= 4 is 27.5 Å². The minimum atomic E-state index is -3.83. The fourth-order valence-corrected chi connectivity index (χ4v) is 2.26. The number of primary amides is 1. The molecule has 0 spiro atoms. The summed E-state index contributed by atoms with van der Waals surface area (Å²) >= 11 is 5.58. The van der Waals surface area contributed by atoms with E-state index in [1.165, 1.54) is 18.3 Å². The minimum absolute atomic E-state index is 0.158. The summed E-state index contributed by atoms with van der Waals surface area (Å²) < 4.78 is 25.0. The van der Waals surface area contributed by atoms with Gasteiger partial charge in [0.25, 0.3) is 0 Å². The van der Waals surface area contributed by atoms with Gasteiger partial charge >= 0.3 is 0 Å². The summed E-state index contributed by atoms with van der Waals surface area (Å²) in [5.74, 6) is -0.779. The molecule has 0 unspecified atom stereocenters. The van der Waals surface area contributed by atoms with Crippen LogP contribution in [0.4, 0.5) is 0 Å². The van der Waals surface area contributed by atoms with E-state index in [2.05, 4.69) is 4.98 Å². The molecule has 0 radical (unpaired) electrons. The number of rotatable bonds is 4. The molecule has 0 aliphatic rings. The van der Waals surface area contributed by atoms with Crippen LogP contribution in [-0.4, -0.2) is 25.9 Å². The van der Waals surface area contributed by atoms with Crippen LogP contribution in [0.5, 0.6) is 0 Å². The first-order valence-electron chi connectivity index (χ1n) is 3.82. The van der Waals surface area contributed by atoms with Gasteiger partial charge in [0.2, 0.25) is 15.9 Å². The van der Waals surface area contributed by atoms with E-state index in [9.17, 15) is 13.2 Å². The summed E-state index contributed by atoms with van der Waals surface area (Å²) in [4.78, 5) is 13.8. The summed E-state index contributed by atoms with van der Waals surface area (Å²) in [5.41, 5.74) is 4.80. The molecule has 1 aromatic rings. The van der Waals surface area contributed by atoms with E-state index in [1.807, 2.05) is 4.72 Å². The Morgan fingerprint density at radius 3 is 2.80 bits per heavy atom. The quantitative estimate of drug-likeness (QED) is 0.702. The maximum Gasteiger partial charge on any atom is 0.244 e. The molecule has 1 rings (SSSR count). The van der Waals surface area contributed by atoms with E-state index in [1.54, 1.807) is 0 Å². The van der Waals surface area contributed by atoms with Gasteiger partial charge in [-0.3, -0.25) is 4.79 Å². The summed E-state index contributed by atoms with van der Waals surface area (Å²) in [6.07, 6.45) is 1.36. The van der Waals surface area contributed by atoms with Crippen LogP contribution in [-0.2, 0) is 14.8 Å². The molecule has 6 nitrogen and oxygen atoms in total. The SMILES string of the molecule is NC(=O)CNS(=O)(=O)c1cccnc1Cl. The molecule has 0 atom stereocenters. The number of amides is 1. The summed E-state index contributed by atoms with van der Waals surface area (Å²) in [6.45, 7) is -0.479. The Labute approximate surface area is 91.5 Å². The third kappa shape index (κ3) is 3.15. The van der Waals surface area contributed by atoms with Crippen LogP contribution >= 0.6 is 11.6 Å². The topological polar surface area (TPSA) is 102 Å². The lowest BCUT2D eigenvalue weighted by molar-refractivity contribution is -0.116. The smallest absolute Gasteiger partial charge is 0.244 e. The van der Waals surface area contributed by atoms with Gasteiger partial charge in [0.15, 0.2) is 0 Å². The van der Waals surface area contributed by atoms with Gasteiger partial charge in [0.1, 0.15) is 10.0 Å². The maximum atomic E-state index is 11.5. The lowest BCUT2D eigenvalue weighted by Gasteiger charge is -2.05. The standard InChI is InChI=1S/C7H8ClN3O3S/c8-7-5(2-1-3-10-7)15(13,14)11-4-6(9)12/h1-3,11H,4H2,(H2,9,12). The zero-order valence-corrected chi connectivity index (χ0v) is 9.05. The van der Waals surface area contributed by atoms with Gasteiger partial charge in [-0.25, -0.2) is 18.1 Å². The largest absolute Gasteiger partial charge is 0.369 e. The van der Waals surface area contributed by atoms with Gasteiger partial charge in [-0.2, -0.15) is 0 Å². The molecule has 8 heteroatoms. The lowest BCUT2D eigenvalue weighted by Crippen LogP contribution is -2.33. The second-order valence-electron chi connectivity index (χ2n) is 2.58. The monoisotopic (exact) mass is 249 g/mol. The maximum absolute atomic E-state index is 11.5. The van der Waals surface area contributed by atoms with E-state index < -0.39 is 22.5 Å². The lowest BCUT2D eigenvalue weighted by atomic mass is 10.5. The molecule has 0 saturated heterocycles. The molecule has 0 fully saturated rings. The Morgan fingerprint density at radius 1 is 1.60 bits per heavy atom. The van der Waals surface area contributed by atoms with Crippen LogP contribution in [0.2, 0.25) is 5.15 Å². The fourth-order valence-electron chi connectivity index (χ4n) is 0.816. The first kappa shape index (κ1) is 11.9. The van der Waals surface area contributed by atoms with Crippen LogP contribution in [0.1, 0.15) is 0 Å². The van der Waals surface area contributed by atoms with Crippen LogP contribution in [0.25, 0.3) is 0 Å². The normalized spacial score (nSPS) is 11.3. The third-order valence-electron chi connectivity index (χ3n) is 1.45. The Morgan fingerprint density at radius 2 is 2.27 bits per heavy atom. The van der Waals surface area contributed by atoms with Gasteiger partial charge < -0.3 is 5.73 Å². The van der Waals surface area contributed by atoms with Crippen molar-refractivity contribution in [1.82, 2.24) is 9.71 Å². The number of nitrogens with two attached hydrogens (primary N) is 1. The number of nitrogens with one attached hydrogen (secondary N) is 1. The van der Waals surface area contributed by atoms with Crippen molar-refractivity contribution in [2.24, 2.45) is 5.73 Å². The van der Waals surface area contributed by atoms with Gasteiger partial charge in [-0.05, 0) is 12.1 Å². The molecule has 1 aromatic heterocycles. The zero-order chi connectivity index (χ0) is 11.5. The average Bonchev–Trinajstić information content (AvgIpc) is 2.15. The molecule has 0 aromatic carbocycles. The number of pyridine rings is 1. The van der Waals surface area contributed by atoms with Crippen molar-refractivity contribution in [1.29, 1.82) is 0 Å². The molecule has 1 heterocycles. The minimum Gasteiger partial charge on any atom is -0.369 e. The molecule has 3 N–H and O–H groups in total. The highest BCUT2D eigenvalue weighted by atomic mass is 35.5. The van der Waals surface area contributed by atoms with Crippen molar-refractivity contribution in [2.75, 3.05) is 6.54 Å². The molecule has 0 aliphatic carbocycles. The van der Waals surface area contributed by atoms with Gasteiger partial charge in [0, 0.05) is 6.20 Å².